The molecule has 0 amide bonds. The fourth-order valence-corrected chi connectivity index (χ4v) is 3.91. The van der Waals surface area contributed by atoms with Crippen LogP contribution in [0.3, 0.4) is 0 Å². The zero-order chi connectivity index (χ0) is 15.9. The molecule has 3 aromatic heterocycles. The fourth-order valence-electron chi connectivity index (χ4n) is 2.91. The molecule has 4 nitrogen and oxygen atoms in total. The number of benzene rings is 2. The molecule has 2 aromatic carbocycles. The van der Waals surface area contributed by atoms with Gasteiger partial charge in [-0.15, -0.1) is 11.3 Å². The summed E-state index contributed by atoms with van der Waals surface area (Å²) in [6.45, 7) is 0. The summed E-state index contributed by atoms with van der Waals surface area (Å²) in [5.74, 6) is 0.868. The van der Waals surface area contributed by atoms with Crippen molar-refractivity contribution in [3.8, 4) is 16.3 Å². The quantitative estimate of drug-likeness (QED) is 0.472. The molecule has 0 unspecified atom stereocenters. The standard InChI is InChI=1S/C19H12N4S/c1-2-6-13(7-3-1)17-10-14-18(20-11-21-19(14)24-17)23-12-22-15-8-4-5-9-16(15)23/h1-12H. The highest BCUT2D eigenvalue weighted by Gasteiger charge is 2.13. The molecule has 0 bridgehead atoms. The second kappa shape index (κ2) is 5.25. The number of hydrogen-bond acceptors (Lipinski definition) is 4. The third kappa shape index (κ3) is 2.02. The highest BCUT2D eigenvalue weighted by atomic mass is 32.1. The van der Waals surface area contributed by atoms with Crippen molar-refractivity contribution in [1.82, 2.24) is 19.5 Å². The normalized spacial score (nSPS) is 11.3. The van der Waals surface area contributed by atoms with Crippen LogP contribution >= 0.6 is 11.3 Å². The van der Waals surface area contributed by atoms with E-state index in [0.717, 1.165) is 27.1 Å². The van der Waals surface area contributed by atoms with Crippen molar-refractivity contribution in [2.45, 2.75) is 0 Å². The predicted molar refractivity (Wildman–Crippen MR) is 97.5 cm³/mol. The Morgan fingerprint density at radius 3 is 2.58 bits per heavy atom. The Kier molecular flexibility index (Phi) is 2.93. The van der Waals surface area contributed by atoms with Crippen LogP contribution in [-0.4, -0.2) is 19.5 Å². The van der Waals surface area contributed by atoms with Crippen molar-refractivity contribution in [2.75, 3.05) is 0 Å². The first-order valence-corrected chi connectivity index (χ1v) is 8.44. The zero-order valence-electron chi connectivity index (χ0n) is 12.6. The van der Waals surface area contributed by atoms with E-state index in [1.54, 1.807) is 17.7 Å². The van der Waals surface area contributed by atoms with E-state index < -0.39 is 0 Å². The number of hydrogen-bond donors (Lipinski definition) is 0. The Morgan fingerprint density at radius 2 is 1.67 bits per heavy atom. The van der Waals surface area contributed by atoms with Gasteiger partial charge >= 0.3 is 0 Å². The molecule has 5 rings (SSSR count). The van der Waals surface area contributed by atoms with Crippen molar-refractivity contribution in [2.24, 2.45) is 0 Å². The second-order valence-corrected chi connectivity index (χ2v) is 6.53. The number of rotatable bonds is 2. The first kappa shape index (κ1) is 13.4. The maximum atomic E-state index is 4.53. The van der Waals surface area contributed by atoms with E-state index in [1.165, 1.54) is 10.4 Å². The van der Waals surface area contributed by atoms with Gasteiger partial charge in [-0.25, -0.2) is 15.0 Å². The lowest BCUT2D eigenvalue weighted by molar-refractivity contribution is 1.02. The van der Waals surface area contributed by atoms with E-state index in [2.05, 4.69) is 51.4 Å². The molecule has 0 N–H and O–H groups in total. The highest BCUT2D eigenvalue weighted by molar-refractivity contribution is 7.21. The third-order valence-electron chi connectivity index (χ3n) is 4.05. The van der Waals surface area contributed by atoms with Gasteiger partial charge in [-0.05, 0) is 23.8 Å². The van der Waals surface area contributed by atoms with Gasteiger partial charge in [-0.3, -0.25) is 4.57 Å². The molecule has 5 heteroatoms. The van der Waals surface area contributed by atoms with Crippen LogP contribution in [0.25, 0.3) is 37.5 Å². The number of thiophene rings is 1. The second-order valence-electron chi connectivity index (χ2n) is 5.50. The van der Waals surface area contributed by atoms with Gasteiger partial charge in [0.15, 0.2) is 5.82 Å². The Bertz CT molecular complexity index is 1160. The molecule has 0 saturated heterocycles. The highest BCUT2D eigenvalue weighted by Crippen LogP contribution is 2.34. The molecule has 0 spiro atoms. The lowest BCUT2D eigenvalue weighted by Crippen LogP contribution is -1.96. The van der Waals surface area contributed by atoms with Crippen molar-refractivity contribution < 1.29 is 0 Å². The van der Waals surface area contributed by atoms with Crippen LogP contribution in [0.4, 0.5) is 0 Å². The summed E-state index contributed by atoms with van der Waals surface area (Å²) in [4.78, 5) is 15.6. The van der Waals surface area contributed by atoms with Gasteiger partial charge in [0, 0.05) is 4.88 Å². The van der Waals surface area contributed by atoms with Crippen LogP contribution < -0.4 is 0 Å². The molecule has 0 saturated carbocycles. The molecule has 0 aliphatic heterocycles. The third-order valence-corrected chi connectivity index (χ3v) is 5.14. The molecule has 0 aliphatic rings. The lowest BCUT2D eigenvalue weighted by atomic mass is 10.2. The van der Waals surface area contributed by atoms with Gasteiger partial charge in [-0.1, -0.05) is 42.5 Å². The van der Waals surface area contributed by atoms with Crippen molar-refractivity contribution in [3.63, 3.8) is 0 Å². The largest absolute Gasteiger partial charge is 0.282 e. The molecule has 0 fully saturated rings. The number of fused-ring (bicyclic) bond motifs is 2. The van der Waals surface area contributed by atoms with E-state index in [1.807, 2.05) is 35.2 Å². The minimum absolute atomic E-state index is 0.868. The van der Waals surface area contributed by atoms with Gasteiger partial charge in [0.1, 0.15) is 17.5 Å². The molecule has 24 heavy (non-hydrogen) atoms. The Labute approximate surface area is 142 Å². The van der Waals surface area contributed by atoms with Crippen LogP contribution in [0.5, 0.6) is 0 Å². The topological polar surface area (TPSA) is 43.6 Å². The molecular formula is C19H12N4S. The first-order valence-electron chi connectivity index (χ1n) is 7.62. The Hall–Kier alpha value is -3.05. The number of para-hydroxylation sites is 2. The van der Waals surface area contributed by atoms with E-state index in [0.29, 0.717) is 0 Å². The van der Waals surface area contributed by atoms with Crippen LogP contribution in [0, 0.1) is 0 Å². The summed E-state index contributed by atoms with van der Waals surface area (Å²) in [5, 5.41) is 1.05. The fraction of sp³-hybridized carbons (Fsp3) is 0. The summed E-state index contributed by atoms with van der Waals surface area (Å²) in [6, 6.07) is 20.6. The maximum absolute atomic E-state index is 4.53. The molecule has 0 radical (unpaired) electrons. The summed E-state index contributed by atoms with van der Waals surface area (Å²) in [5.41, 5.74) is 3.20. The number of aromatic nitrogens is 4. The number of nitrogens with zero attached hydrogens (tertiary/aromatic N) is 4. The average molecular weight is 328 g/mol. The summed E-state index contributed by atoms with van der Waals surface area (Å²) < 4.78 is 2.03. The van der Waals surface area contributed by atoms with Gasteiger partial charge in [0.05, 0.1) is 16.4 Å². The van der Waals surface area contributed by atoms with Gasteiger partial charge < -0.3 is 0 Å². The van der Waals surface area contributed by atoms with Crippen LogP contribution in [0.2, 0.25) is 0 Å². The number of imidazole rings is 1. The lowest BCUT2D eigenvalue weighted by Gasteiger charge is -2.03. The Balaban J connectivity index is 1.76. The minimum atomic E-state index is 0.868. The zero-order valence-corrected chi connectivity index (χ0v) is 13.4. The molecule has 5 aromatic rings. The summed E-state index contributed by atoms with van der Waals surface area (Å²) >= 11 is 1.68. The van der Waals surface area contributed by atoms with E-state index in [9.17, 15) is 0 Å². The summed E-state index contributed by atoms with van der Waals surface area (Å²) in [6.07, 6.45) is 3.45. The SMILES string of the molecule is c1ccc(-c2cc3c(-n4cnc5ccccc54)ncnc3s2)cc1. The predicted octanol–water partition coefficient (Wildman–Crippen LogP) is 4.70. The van der Waals surface area contributed by atoms with E-state index in [-0.39, 0.29) is 0 Å². The molecule has 0 atom stereocenters. The average Bonchev–Trinajstić information content (AvgIpc) is 3.26. The van der Waals surface area contributed by atoms with Crippen molar-refractivity contribution >= 4 is 32.6 Å². The Morgan fingerprint density at radius 1 is 0.833 bits per heavy atom. The molecule has 114 valence electrons. The van der Waals surface area contributed by atoms with Gasteiger partial charge in [0.2, 0.25) is 0 Å². The van der Waals surface area contributed by atoms with Gasteiger partial charge in [0.25, 0.3) is 0 Å². The van der Waals surface area contributed by atoms with Crippen molar-refractivity contribution in [1.29, 1.82) is 0 Å². The molecule has 0 aliphatic carbocycles. The summed E-state index contributed by atoms with van der Waals surface area (Å²) in [7, 11) is 0. The first-order chi connectivity index (χ1) is 11.9. The van der Waals surface area contributed by atoms with Crippen LogP contribution in [0.15, 0.2) is 73.3 Å². The maximum Gasteiger partial charge on any atom is 0.150 e. The molecule has 3 heterocycles. The van der Waals surface area contributed by atoms with E-state index >= 15 is 0 Å². The monoisotopic (exact) mass is 328 g/mol. The minimum Gasteiger partial charge on any atom is -0.282 e. The van der Waals surface area contributed by atoms with Crippen LogP contribution in [-0.2, 0) is 0 Å². The van der Waals surface area contributed by atoms with Crippen LogP contribution in [0.1, 0.15) is 0 Å². The van der Waals surface area contributed by atoms with E-state index in [4.69, 9.17) is 0 Å². The van der Waals surface area contributed by atoms with Gasteiger partial charge in [-0.2, -0.15) is 0 Å². The molecular weight excluding hydrogens is 316 g/mol. The smallest absolute Gasteiger partial charge is 0.150 e. The van der Waals surface area contributed by atoms with Crippen molar-refractivity contribution in [3.05, 3.63) is 73.3 Å².